The molecule has 0 fully saturated rings. The van der Waals surface area contributed by atoms with Crippen molar-refractivity contribution in [2.24, 2.45) is 4.99 Å². The minimum atomic E-state index is -0.984. The van der Waals surface area contributed by atoms with Gasteiger partial charge in [0.15, 0.2) is 0 Å². The van der Waals surface area contributed by atoms with E-state index in [0.29, 0.717) is 11.6 Å². The maximum Gasteiger partial charge on any atom is 0.243 e. The molecule has 90 valence electrons. The lowest BCUT2D eigenvalue weighted by Gasteiger charge is -2.04. The maximum atomic E-state index is 9.82. The second-order valence-corrected chi connectivity index (χ2v) is 4.82. The quantitative estimate of drug-likeness (QED) is 0.898. The molecule has 1 aliphatic heterocycles. The minimum absolute atomic E-state index is 0.464. The highest BCUT2D eigenvalue weighted by Gasteiger charge is 2.23. The van der Waals surface area contributed by atoms with Crippen molar-refractivity contribution in [1.82, 2.24) is 0 Å². The van der Waals surface area contributed by atoms with Crippen molar-refractivity contribution >= 4 is 23.3 Å². The topological polar surface area (TPSA) is 41.8 Å². The Bertz CT molecular complexity index is 588. The lowest BCUT2D eigenvalue weighted by atomic mass is 10.2. The van der Waals surface area contributed by atoms with Crippen LogP contribution in [-0.2, 0) is 4.74 Å². The summed E-state index contributed by atoms with van der Waals surface area (Å²) in [6.45, 7) is 0. The fraction of sp³-hybridized carbons (Fsp3) is 0.0714. The van der Waals surface area contributed by atoms with Crippen LogP contribution in [0.2, 0.25) is 0 Å². The number of hydrogen-bond donors (Lipinski definition) is 1. The number of aliphatic imine (C=N–C) groups is 1. The van der Waals surface area contributed by atoms with Gasteiger partial charge in [0.05, 0.1) is 0 Å². The number of aliphatic hydroxyl groups is 1. The molecular formula is C14H11NO2S. The number of aliphatic hydroxyl groups excluding tert-OH is 1. The Morgan fingerprint density at radius 3 is 2.72 bits per heavy atom. The second kappa shape index (κ2) is 4.76. The van der Waals surface area contributed by atoms with Crippen molar-refractivity contribution in [2.75, 3.05) is 0 Å². The van der Waals surface area contributed by atoms with Crippen molar-refractivity contribution in [3.63, 3.8) is 0 Å². The van der Waals surface area contributed by atoms with Crippen LogP contribution in [0, 0.1) is 0 Å². The van der Waals surface area contributed by atoms with Gasteiger partial charge in [0.25, 0.3) is 0 Å². The summed E-state index contributed by atoms with van der Waals surface area (Å²) in [4.78, 5) is 5.37. The van der Waals surface area contributed by atoms with Gasteiger partial charge in [-0.2, -0.15) is 0 Å². The van der Waals surface area contributed by atoms with Crippen LogP contribution in [0.5, 0.6) is 0 Å². The summed E-state index contributed by atoms with van der Waals surface area (Å²) < 4.78 is 5.35. The monoisotopic (exact) mass is 257 g/mol. The molecule has 1 atom stereocenters. The zero-order chi connectivity index (χ0) is 12.4. The highest BCUT2D eigenvalue weighted by Crippen LogP contribution is 2.23. The van der Waals surface area contributed by atoms with E-state index < -0.39 is 6.29 Å². The van der Waals surface area contributed by atoms with Crippen molar-refractivity contribution in [3.8, 4) is 0 Å². The molecule has 0 saturated carbocycles. The molecule has 2 aromatic rings. The van der Waals surface area contributed by atoms with Gasteiger partial charge in [-0.15, -0.1) is 11.3 Å². The first-order valence-corrected chi connectivity index (χ1v) is 6.45. The molecule has 18 heavy (non-hydrogen) atoms. The molecular weight excluding hydrogens is 246 g/mol. The largest absolute Gasteiger partial charge is 0.441 e. The zero-order valence-electron chi connectivity index (χ0n) is 9.48. The van der Waals surface area contributed by atoms with E-state index in [4.69, 9.17) is 4.74 Å². The first-order chi connectivity index (χ1) is 8.83. The van der Waals surface area contributed by atoms with E-state index in [0.717, 1.165) is 10.4 Å². The van der Waals surface area contributed by atoms with E-state index in [9.17, 15) is 5.11 Å². The van der Waals surface area contributed by atoms with Crippen molar-refractivity contribution in [2.45, 2.75) is 6.29 Å². The van der Waals surface area contributed by atoms with Gasteiger partial charge in [0.2, 0.25) is 12.2 Å². The van der Waals surface area contributed by atoms with E-state index >= 15 is 0 Å². The molecule has 1 aromatic heterocycles. The highest BCUT2D eigenvalue weighted by molar-refractivity contribution is 7.10. The van der Waals surface area contributed by atoms with Gasteiger partial charge >= 0.3 is 0 Å². The number of nitrogens with zero attached hydrogens (tertiary/aromatic N) is 1. The van der Waals surface area contributed by atoms with Crippen LogP contribution in [0.1, 0.15) is 10.4 Å². The third-order valence-corrected chi connectivity index (χ3v) is 3.38. The molecule has 0 saturated heterocycles. The van der Waals surface area contributed by atoms with E-state index in [1.54, 1.807) is 11.3 Å². The Hall–Kier alpha value is -1.91. The van der Waals surface area contributed by atoms with E-state index in [2.05, 4.69) is 4.99 Å². The summed E-state index contributed by atoms with van der Waals surface area (Å²) in [5, 5.41) is 11.8. The molecule has 1 unspecified atom stereocenters. The number of rotatable bonds is 2. The van der Waals surface area contributed by atoms with E-state index in [1.165, 1.54) is 0 Å². The third kappa shape index (κ3) is 2.20. The lowest BCUT2D eigenvalue weighted by molar-refractivity contribution is 0.0178. The van der Waals surface area contributed by atoms with Crippen LogP contribution in [0.15, 0.2) is 58.5 Å². The molecule has 0 radical (unpaired) electrons. The van der Waals surface area contributed by atoms with Gasteiger partial charge in [-0.3, -0.25) is 0 Å². The summed E-state index contributed by atoms with van der Waals surface area (Å²) in [6.07, 6.45) is 0.855. The fourth-order valence-electron chi connectivity index (χ4n) is 1.70. The molecule has 0 spiro atoms. The van der Waals surface area contributed by atoms with Crippen LogP contribution >= 0.6 is 11.3 Å². The number of ether oxygens (including phenoxy) is 1. The SMILES string of the molecule is OC1OC(c2ccccc2)=N/C1=C\c1cccs1. The van der Waals surface area contributed by atoms with Gasteiger partial charge in [0, 0.05) is 10.4 Å². The van der Waals surface area contributed by atoms with E-state index in [-0.39, 0.29) is 0 Å². The smallest absolute Gasteiger partial charge is 0.243 e. The van der Waals surface area contributed by atoms with Gasteiger partial charge in [0.1, 0.15) is 5.70 Å². The summed E-state index contributed by atoms with van der Waals surface area (Å²) in [6, 6.07) is 13.5. The van der Waals surface area contributed by atoms with Crippen molar-refractivity contribution < 1.29 is 9.84 Å². The number of hydrogen-bond acceptors (Lipinski definition) is 4. The van der Waals surface area contributed by atoms with Crippen LogP contribution in [-0.4, -0.2) is 17.3 Å². The molecule has 3 nitrogen and oxygen atoms in total. The maximum absolute atomic E-state index is 9.82. The standard InChI is InChI=1S/C14H11NO2S/c16-14-12(9-11-7-4-8-18-11)15-13(17-14)10-5-2-1-3-6-10/h1-9,14,16H/b12-9-. The molecule has 1 aromatic carbocycles. The Labute approximate surface area is 109 Å². The van der Waals surface area contributed by atoms with Crippen molar-refractivity contribution in [3.05, 3.63) is 64.0 Å². The first-order valence-electron chi connectivity index (χ1n) is 5.57. The summed E-state index contributed by atoms with van der Waals surface area (Å²) in [7, 11) is 0. The molecule has 3 rings (SSSR count). The summed E-state index contributed by atoms with van der Waals surface area (Å²) in [5.41, 5.74) is 1.41. The van der Waals surface area contributed by atoms with Crippen LogP contribution in [0.25, 0.3) is 6.08 Å². The first kappa shape index (κ1) is 11.2. The molecule has 1 aliphatic rings. The summed E-state index contributed by atoms with van der Waals surface area (Å²) in [5.74, 6) is 0.464. The molecule has 1 N–H and O–H groups in total. The molecule has 0 amide bonds. The van der Waals surface area contributed by atoms with Gasteiger partial charge in [-0.05, 0) is 29.7 Å². The van der Waals surface area contributed by atoms with Crippen LogP contribution < -0.4 is 0 Å². The van der Waals surface area contributed by atoms with Gasteiger partial charge in [-0.25, -0.2) is 4.99 Å². The van der Waals surface area contributed by atoms with E-state index in [1.807, 2.05) is 53.9 Å². The summed E-state index contributed by atoms with van der Waals surface area (Å²) >= 11 is 1.60. The fourth-order valence-corrected chi connectivity index (χ4v) is 2.36. The lowest BCUT2D eigenvalue weighted by Crippen LogP contribution is -2.10. The normalized spacial score (nSPS) is 20.8. The predicted octanol–water partition coefficient (Wildman–Crippen LogP) is 2.88. The van der Waals surface area contributed by atoms with Crippen LogP contribution in [0.4, 0.5) is 0 Å². The highest BCUT2D eigenvalue weighted by atomic mass is 32.1. The Morgan fingerprint density at radius 1 is 1.17 bits per heavy atom. The average Bonchev–Trinajstić information content (AvgIpc) is 3.02. The molecule has 2 heterocycles. The number of benzene rings is 1. The molecule has 4 heteroatoms. The Morgan fingerprint density at radius 2 is 2.00 bits per heavy atom. The predicted molar refractivity (Wildman–Crippen MR) is 72.4 cm³/mol. The minimum Gasteiger partial charge on any atom is -0.441 e. The molecule has 0 aliphatic carbocycles. The zero-order valence-corrected chi connectivity index (χ0v) is 10.3. The Balaban J connectivity index is 1.92. The number of thiophene rings is 1. The average molecular weight is 257 g/mol. The van der Waals surface area contributed by atoms with Crippen LogP contribution in [0.3, 0.4) is 0 Å². The second-order valence-electron chi connectivity index (χ2n) is 3.84. The molecule has 0 bridgehead atoms. The van der Waals surface area contributed by atoms with Gasteiger partial charge in [-0.1, -0.05) is 24.3 Å². The Kier molecular flexibility index (Phi) is 2.96. The van der Waals surface area contributed by atoms with Crippen molar-refractivity contribution in [1.29, 1.82) is 0 Å². The third-order valence-electron chi connectivity index (χ3n) is 2.56. The van der Waals surface area contributed by atoms with Gasteiger partial charge < -0.3 is 9.84 Å².